The molecule has 4 nitrogen and oxygen atoms in total. The summed E-state index contributed by atoms with van der Waals surface area (Å²) >= 11 is 5.76. The highest BCUT2D eigenvalue weighted by Gasteiger charge is 2.14. The van der Waals surface area contributed by atoms with Crippen LogP contribution in [0.4, 0.5) is 10.1 Å². The number of aromatic carboxylic acids is 1. The predicted molar refractivity (Wildman–Crippen MR) is 87.1 cm³/mol. The Morgan fingerprint density at radius 1 is 1.17 bits per heavy atom. The van der Waals surface area contributed by atoms with Crippen molar-refractivity contribution in [1.82, 2.24) is 0 Å². The SMILES string of the molecule is CC(=Cc1ccc(F)cc1)C(=O)Nc1ccc(Cl)cc1C(=O)O. The van der Waals surface area contributed by atoms with Gasteiger partial charge in [-0.05, 0) is 48.9 Å². The molecule has 0 heterocycles. The highest BCUT2D eigenvalue weighted by atomic mass is 35.5. The molecule has 0 saturated carbocycles. The molecular weight excluding hydrogens is 321 g/mol. The standard InChI is InChI=1S/C17H13ClFNO3/c1-10(8-11-2-5-13(19)6-3-11)16(21)20-15-7-4-12(18)9-14(15)17(22)23/h2-9H,1H3,(H,20,21)(H,22,23). The molecule has 0 radical (unpaired) electrons. The fraction of sp³-hybridized carbons (Fsp3) is 0.0588. The molecule has 1 amide bonds. The van der Waals surface area contributed by atoms with Crippen molar-refractivity contribution in [3.8, 4) is 0 Å². The highest BCUT2D eigenvalue weighted by Crippen LogP contribution is 2.21. The molecule has 23 heavy (non-hydrogen) atoms. The van der Waals surface area contributed by atoms with Gasteiger partial charge < -0.3 is 10.4 Å². The Bertz CT molecular complexity index is 785. The average Bonchev–Trinajstić information content (AvgIpc) is 2.51. The smallest absolute Gasteiger partial charge is 0.337 e. The molecule has 6 heteroatoms. The van der Waals surface area contributed by atoms with Gasteiger partial charge in [-0.25, -0.2) is 9.18 Å². The van der Waals surface area contributed by atoms with E-state index in [2.05, 4.69) is 5.32 Å². The summed E-state index contributed by atoms with van der Waals surface area (Å²) in [6, 6.07) is 9.83. The summed E-state index contributed by atoms with van der Waals surface area (Å²) in [4.78, 5) is 23.4. The molecule has 0 unspecified atom stereocenters. The van der Waals surface area contributed by atoms with E-state index in [4.69, 9.17) is 16.7 Å². The molecule has 0 aliphatic heterocycles. The molecule has 2 rings (SSSR count). The average molecular weight is 334 g/mol. The Kier molecular flexibility index (Phi) is 5.13. The first kappa shape index (κ1) is 16.7. The number of amides is 1. The Labute approximate surface area is 137 Å². The number of hydrogen-bond acceptors (Lipinski definition) is 2. The maximum absolute atomic E-state index is 12.9. The second kappa shape index (κ2) is 7.07. The van der Waals surface area contributed by atoms with E-state index in [0.717, 1.165) is 0 Å². The van der Waals surface area contributed by atoms with Crippen LogP contribution in [0.2, 0.25) is 5.02 Å². The molecule has 2 aromatic carbocycles. The fourth-order valence-corrected chi connectivity index (χ4v) is 2.07. The van der Waals surface area contributed by atoms with Crippen LogP contribution in [-0.2, 0) is 4.79 Å². The lowest BCUT2D eigenvalue weighted by Gasteiger charge is -2.09. The lowest BCUT2D eigenvalue weighted by atomic mass is 10.1. The second-order valence-corrected chi connectivity index (χ2v) is 5.26. The summed E-state index contributed by atoms with van der Waals surface area (Å²) in [7, 11) is 0. The number of nitrogens with one attached hydrogen (secondary N) is 1. The van der Waals surface area contributed by atoms with Crippen molar-refractivity contribution in [2.45, 2.75) is 6.92 Å². The molecule has 0 aliphatic carbocycles. The van der Waals surface area contributed by atoms with Crippen molar-refractivity contribution in [2.75, 3.05) is 5.32 Å². The molecule has 2 N–H and O–H groups in total. The van der Waals surface area contributed by atoms with Gasteiger partial charge in [0.1, 0.15) is 5.82 Å². The van der Waals surface area contributed by atoms with Gasteiger partial charge in [-0.2, -0.15) is 0 Å². The van der Waals surface area contributed by atoms with Gasteiger partial charge >= 0.3 is 5.97 Å². The summed E-state index contributed by atoms with van der Waals surface area (Å²) in [6.45, 7) is 1.58. The molecule has 0 atom stereocenters. The van der Waals surface area contributed by atoms with Gasteiger partial charge in [-0.3, -0.25) is 4.79 Å². The molecule has 0 saturated heterocycles. The van der Waals surface area contributed by atoms with Gasteiger partial charge in [0.15, 0.2) is 0 Å². The molecule has 0 fully saturated rings. The maximum Gasteiger partial charge on any atom is 0.337 e. The zero-order valence-corrected chi connectivity index (χ0v) is 12.9. The van der Waals surface area contributed by atoms with Crippen LogP contribution in [0.25, 0.3) is 6.08 Å². The first-order valence-corrected chi connectivity index (χ1v) is 7.02. The molecule has 0 spiro atoms. The number of carbonyl (C=O) groups excluding carboxylic acids is 1. The predicted octanol–water partition coefficient (Wildman–Crippen LogP) is 4.22. The molecule has 0 aliphatic rings. The summed E-state index contributed by atoms with van der Waals surface area (Å²) in [5.74, 6) is -2.02. The van der Waals surface area contributed by atoms with Crippen LogP contribution in [0.15, 0.2) is 48.0 Å². The van der Waals surface area contributed by atoms with Gasteiger partial charge in [-0.15, -0.1) is 0 Å². The summed E-state index contributed by atoms with van der Waals surface area (Å²) in [6.07, 6.45) is 1.57. The van der Waals surface area contributed by atoms with Crippen molar-refractivity contribution in [3.05, 3.63) is 70.0 Å². The maximum atomic E-state index is 12.9. The molecule has 0 aromatic heterocycles. The Morgan fingerprint density at radius 3 is 2.43 bits per heavy atom. The van der Waals surface area contributed by atoms with Gasteiger partial charge in [0.05, 0.1) is 11.3 Å². The minimum Gasteiger partial charge on any atom is -0.478 e. The van der Waals surface area contributed by atoms with E-state index in [-0.39, 0.29) is 22.1 Å². The molecule has 2 aromatic rings. The van der Waals surface area contributed by atoms with Crippen molar-refractivity contribution in [2.24, 2.45) is 0 Å². The quantitative estimate of drug-likeness (QED) is 0.823. The van der Waals surface area contributed by atoms with Gasteiger partial charge in [0.25, 0.3) is 5.91 Å². The number of rotatable bonds is 4. The van der Waals surface area contributed by atoms with E-state index < -0.39 is 11.9 Å². The van der Waals surface area contributed by atoms with Crippen LogP contribution >= 0.6 is 11.6 Å². The fourth-order valence-electron chi connectivity index (χ4n) is 1.90. The molecular formula is C17H13ClFNO3. The van der Waals surface area contributed by atoms with E-state index >= 15 is 0 Å². The molecule has 0 bridgehead atoms. The van der Waals surface area contributed by atoms with Crippen molar-refractivity contribution in [1.29, 1.82) is 0 Å². The van der Waals surface area contributed by atoms with Crippen molar-refractivity contribution >= 4 is 35.2 Å². The minimum atomic E-state index is -1.19. The van der Waals surface area contributed by atoms with E-state index in [9.17, 15) is 14.0 Å². The van der Waals surface area contributed by atoms with Crippen LogP contribution < -0.4 is 5.32 Å². The van der Waals surface area contributed by atoms with Gasteiger partial charge in [0.2, 0.25) is 0 Å². The summed E-state index contributed by atoms with van der Waals surface area (Å²) < 4.78 is 12.9. The number of benzene rings is 2. The van der Waals surface area contributed by atoms with Crippen LogP contribution in [0.3, 0.4) is 0 Å². The number of carboxylic acid groups (broad SMARTS) is 1. The van der Waals surface area contributed by atoms with Gasteiger partial charge in [0, 0.05) is 10.6 Å². The first-order valence-electron chi connectivity index (χ1n) is 6.65. The Balaban J connectivity index is 2.21. The number of hydrogen-bond donors (Lipinski definition) is 2. The molecule has 118 valence electrons. The third kappa shape index (κ3) is 4.40. The third-order valence-electron chi connectivity index (χ3n) is 3.07. The largest absolute Gasteiger partial charge is 0.478 e. The number of halogens is 2. The lowest BCUT2D eigenvalue weighted by Crippen LogP contribution is -2.15. The van der Waals surface area contributed by atoms with Crippen molar-refractivity contribution in [3.63, 3.8) is 0 Å². The van der Waals surface area contributed by atoms with E-state index in [0.29, 0.717) is 11.1 Å². The Morgan fingerprint density at radius 2 is 1.83 bits per heavy atom. The third-order valence-corrected chi connectivity index (χ3v) is 3.31. The van der Waals surface area contributed by atoms with E-state index in [1.54, 1.807) is 13.0 Å². The van der Waals surface area contributed by atoms with Crippen molar-refractivity contribution < 1.29 is 19.1 Å². The topological polar surface area (TPSA) is 66.4 Å². The summed E-state index contributed by atoms with van der Waals surface area (Å²) in [5.41, 5.74) is 1.07. The summed E-state index contributed by atoms with van der Waals surface area (Å²) in [5, 5.41) is 11.9. The van der Waals surface area contributed by atoms with E-state index in [1.165, 1.54) is 42.5 Å². The van der Waals surface area contributed by atoms with Crippen LogP contribution in [-0.4, -0.2) is 17.0 Å². The highest BCUT2D eigenvalue weighted by molar-refractivity contribution is 6.31. The zero-order chi connectivity index (χ0) is 17.0. The number of carbonyl (C=O) groups is 2. The minimum absolute atomic E-state index is 0.0968. The van der Waals surface area contributed by atoms with E-state index in [1.807, 2.05) is 0 Å². The normalized spacial score (nSPS) is 11.2. The van der Waals surface area contributed by atoms with Gasteiger partial charge in [-0.1, -0.05) is 23.7 Å². The number of carboxylic acids is 1. The second-order valence-electron chi connectivity index (χ2n) is 4.83. The van der Waals surface area contributed by atoms with Crippen LogP contribution in [0.5, 0.6) is 0 Å². The lowest BCUT2D eigenvalue weighted by molar-refractivity contribution is -0.112. The zero-order valence-electron chi connectivity index (χ0n) is 12.1. The van der Waals surface area contributed by atoms with Crippen LogP contribution in [0.1, 0.15) is 22.8 Å². The first-order chi connectivity index (χ1) is 10.9. The Hall–Kier alpha value is -2.66. The monoisotopic (exact) mass is 333 g/mol. The number of anilines is 1. The van der Waals surface area contributed by atoms with Crippen LogP contribution in [0, 0.1) is 5.82 Å².